The fourth-order valence-electron chi connectivity index (χ4n) is 3.95. The van der Waals surface area contributed by atoms with Crippen molar-refractivity contribution in [3.05, 3.63) is 93.2 Å². The number of carbonyl (C=O) groups is 2. The van der Waals surface area contributed by atoms with Gasteiger partial charge in [-0.25, -0.2) is 4.79 Å². The van der Waals surface area contributed by atoms with Gasteiger partial charge in [-0.05, 0) is 30.3 Å². The summed E-state index contributed by atoms with van der Waals surface area (Å²) in [5.74, 6) is 1.86. The van der Waals surface area contributed by atoms with Crippen LogP contribution in [0.1, 0.15) is 37.7 Å². The third kappa shape index (κ3) is 4.69. The minimum Gasteiger partial charge on any atom is -0.486 e. The van der Waals surface area contributed by atoms with E-state index in [0.717, 1.165) is 0 Å². The second-order valence-corrected chi connectivity index (χ2v) is 7.69. The molecule has 1 aliphatic heterocycles. The Morgan fingerprint density at radius 1 is 1.12 bits per heavy atom. The minimum absolute atomic E-state index is 0.0872. The van der Waals surface area contributed by atoms with Crippen LogP contribution in [0.2, 0.25) is 0 Å². The monoisotopic (exact) mass is 457 g/mol. The maximum Gasteiger partial charge on any atom is 0.343 e. The highest BCUT2D eigenvalue weighted by Crippen LogP contribution is 2.25. The van der Waals surface area contributed by atoms with Crippen LogP contribution in [0.25, 0.3) is 0 Å². The van der Waals surface area contributed by atoms with Gasteiger partial charge in [0.2, 0.25) is 0 Å². The Labute approximate surface area is 196 Å². The van der Waals surface area contributed by atoms with Gasteiger partial charge in [0, 0.05) is 55.1 Å². The van der Waals surface area contributed by atoms with Crippen molar-refractivity contribution in [3.63, 3.8) is 0 Å². The van der Waals surface area contributed by atoms with E-state index in [2.05, 4.69) is 10.9 Å². The van der Waals surface area contributed by atoms with Gasteiger partial charge in [-0.3, -0.25) is 14.6 Å². The second-order valence-electron chi connectivity index (χ2n) is 7.69. The van der Waals surface area contributed by atoms with E-state index >= 15 is 0 Å². The molecule has 0 bridgehead atoms. The van der Waals surface area contributed by atoms with Crippen molar-refractivity contribution in [1.82, 2.24) is 14.5 Å². The molecule has 0 radical (unpaired) electrons. The highest BCUT2D eigenvalue weighted by atomic mass is 16.5. The Bertz CT molecular complexity index is 1320. The molecule has 1 amide bonds. The van der Waals surface area contributed by atoms with Crippen LogP contribution >= 0.6 is 0 Å². The smallest absolute Gasteiger partial charge is 0.343 e. The largest absolute Gasteiger partial charge is 0.486 e. The van der Waals surface area contributed by atoms with E-state index in [1.54, 1.807) is 47.5 Å². The third-order valence-corrected chi connectivity index (χ3v) is 5.65. The number of benzene rings is 1. The molecule has 34 heavy (non-hydrogen) atoms. The van der Waals surface area contributed by atoms with Crippen LogP contribution in [0, 0.1) is 12.3 Å². The summed E-state index contributed by atoms with van der Waals surface area (Å²) >= 11 is 0. The van der Waals surface area contributed by atoms with Gasteiger partial charge in [-0.15, -0.1) is 6.42 Å². The molecule has 0 fully saturated rings. The van der Waals surface area contributed by atoms with Gasteiger partial charge in [0.15, 0.2) is 0 Å². The fraction of sp³-hybridized carbons (Fsp3) is 0.231. The number of fused-ring (bicyclic) bond motifs is 1. The lowest BCUT2D eigenvalue weighted by atomic mass is 10.1. The van der Waals surface area contributed by atoms with Crippen molar-refractivity contribution in [2.45, 2.75) is 19.6 Å². The highest BCUT2D eigenvalue weighted by Gasteiger charge is 2.28. The SMILES string of the molecule is C#Cc1cccc(C(=O)N2CCc3c(C(=O)OC)c(OCc4ccccn4)cc(=O)n3CC2)c1. The zero-order valence-electron chi connectivity index (χ0n) is 18.7. The van der Waals surface area contributed by atoms with Gasteiger partial charge < -0.3 is 18.9 Å². The van der Waals surface area contributed by atoms with Crippen LogP contribution < -0.4 is 10.3 Å². The Hall–Kier alpha value is -4.38. The number of nitrogens with zero attached hydrogens (tertiary/aromatic N) is 3. The van der Waals surface area contributed by atoms with Crippen LogP contribution in [0.4, 0.5) is 0 Å². The fourth-order valence-corrected chi connectivity index (χ4v) is 3.95. The highest BCUT2D eigenvalue weighted by molar-refractivity contribution is 5.95. The normalized spacial score (nSPS) is 12.8. The Balaban J connectivity index is 1.64. The van der Waals surface area contributed by atoms with Crippen LogP contribution in [-0.2, 0) is 24.3 Å². The number of carbonyl (C=O) groups excluding carboxylic acids is 2. The molecule has 172 valence electrons. The molecule has 8 heteroatoms. The van der Waals surface area contributed by atoms with Gasteiger partial charge in [-0.1, -0.05) is 18.1 Å². The number of amides is 1. The topological polar surface area (TPSA) is 90.7 Å². The zero-order chi connectivity index (χ0) is 24.1. The van der Waals surface area contributed by atoms with Gasteiger partial charge in [0.25, 0.3) is 11.5 Å². The van der Waals surface area contributed by atoms with Gasteiger partial charge in [0.1, 0.15) is 17.9 Å². The predicted molar refractivity (Wildman–Crippen MR) is 125 cm³/mol. The second kappa shape index (κ2) is 10.0. The van der Waals surface area contributed by atoms with Crippen molar-refractivity contribution >= 4 is 11.9 Å². The van der Waals surface area contributed by atoms with Crippen molar-refractivity contribution in [1.29, 1.82) is 0 Å². The molecule has 0 spiro atoms. The number of rotatable bonds is 5. The lowest BCUT2D eigenvalue weighted by Crippen LogP contribution is -2.34. The quantitative estimate of drug-likeness (QED) is 0.431. The zero-order valence-corrected chi connectivity index (χ0v) is 18.7. The summed E-state index contributed by atoms with van der Waals surface area (Å²) in [5, 5.41) is 0. The summed E-state index contributed by atoms with van der Waals surface area (Å²) in [4.78, 5) is 44.6. The van der Waals surface area contributed by atoms with Crippen LogP contribution in [0.5, 0.6) is 5.75 Å². The molecule has 1 aliphatic rings. The molecule has 0 aliphatic carbocycles. The van der Waals surface area contributed by atoms with E-state index in [4.69, 9.17) is 15.9 Å². The van der Waals surface area contributed by atoms with E-state index in [9.17, 15) is 14.4 Å². The summed E-state index contributed by atoms with van der Waals surface area (Å²) < 4.78 is 12.3. The molecule has 8 nitrogen and oxygen atoms in total. The first-order chi connectivity index (χ1) is 16.5. The van der Waals surface area contributed by atoms with E-state index < -0.39 is 5.97 Å². The average molecular weight is 457 g/mol. The molecule has 0 saturated heterocycles. The number of esters is 1. The van der Waals surface area contributed by atoms with Crippen LogP contribution in [0.15, 0.2) is 59.5 Å². The first kappa shape index (κ1) is 22.8. The van der Waals surface area contributed by atoms with Crippen LogP contribution in [-0.4, -0.2) is 46.5 Å². The number of ether oxygens (including phenoxy) is 2. The third-order valence-electron chi connectivity index (χ3n) is 5.65. The summed E-state index contributed by atoms with van der Waals surface area (Å²) in [5.41, 5.74) is 2.08. The first-order valence-corrected chi connectivity index (χ1v) is 10.8. The maximum atomic E-state index is 13.1. The van der Waals surface area contributed by atoms with Crippen molar-refractivity contribution < 1.29 is 19.1 Å². The first-order valence-electron chi connectivity index (χ1n) is 10.8. The molecular formula is C26H23N3O5. The van der Waals surface area contributed by atoms with E-state index in [-0.39, 0.29) is 42.4 Å². The molecule has 2 aromatic heterocycles. The van der Waals surface area contributed by atoms with E-state index in [1.165, 1.54) is 17.7 Å². The Kier molecular flexibility index (Phi) is 6.74. The van der Waals surface area contributed by atoms with Gasteiger partial charge in [0.05, 0.1) is 12.8 Å². The number of terminal acetylenes is 1. The number of hydrogen-bond acceptors (Lipinski definition) is 6. The van der Waals surface area contributed by atoms with Crippen molar-refractivity contribution in [3.8, 4) is 18.1 Å². The van der Waals surface area contributed by atoms with Crippen molar-refractivity contribution in [2.24, 2.45) is 0 Å². The molecule has 3 aromatic rings. The summed E-state index contributed by atoms with van der Waals surface area (Å²) in [6.45, 7) is 0.941. The maximum absolute atomic E-state index is 13.1. The average Bonchev–Trinajstić information content (AvgIpc) is 3.11. The number of hydrogen-bond donors (Lipinski definition) is 0. The van der Waals surface area contributed by atoms with Crippen molar-refractivity contribution in [2.75, 3.05) is 20.2 Å². The number of methoxy groups -OCH3 is 1. The number of aromatic nitrogens is 2. The van der Waals surface area contributed by atoms with Crippen LogP contribution in [0.3, 0.4) is 0 Å². The lowest BCUT2D eigenvalue weighted by Gasteiger charge is -2.20. The molecule has 0 saturated carbocycles. The molecule has 0 atom stereocenters. The van der Waals surface area contributed by atoms with Gasteiger partial charge >= 0.3 is 5.97 Å². The molecule has 1 aromatic carbocycles. The molecule has 0 unspecified atom stereocenters. The Morgan fingerprint density at radius 3 is 2.71 bits per heavy atom. The molecular weight excluding hydrogens is 434 g/mol. The van der Waals surface area contributed by atoms with E-state index in [0.29, 0.717) is 35.6 Å². The summed E-state index contributed by atoms with van der Waals surface area (Å²) in [6.07, 6.45) is 7.37. The number of pyridine rings is 2. The van der Waals surface area contributed by atoms with E-state index in [1.807, 2.05) is 6.07 Å². The minimum atomic E-state index is -0.610. The summed E-state index contributed by atoms with van der Waals surface area (Å²) in [7, 11) is 1.28. The summed E-state index contributed by atoms with van der Waals surface area (Å²) in [6, 6.07) is 13.5. The Morgan fingerprint density at radius 2 is 1.97 bits per heavy atom. The standard InChI is InChI=1S/C26H23N3O5/c1-3-18-7-6-8-19(15-18)25(31)28-12-10-21-24(26(32)33-2)22(16-23(30)29(21)14-13-28)34-17-20-9-4-5-11-27-20/h1,4-9,11,15-16H,10,12-14,17H2,2H3. The lowest BCUT2D eigenvalue weighted by molar-refractivity contribution is 0.0592. The predicted octanol–water partition coefficient (Wildman–Crippen LogP) is 2.29. The molecule has 0 N–H and O–H groups in total. The molecule has 3 heterocycles. The molecule has 4 rings (SSSR count). The van der Waals surface area contributed by atoms with Gasteiger partial charge in [-0.2, -0.15) is 0 Å².